The standard InChI is InChI=1S/C67H45N3/c1-6-20-48(21-7-1)67(49-22-8-2-9-23-49)61-44-53(68(50-24-10-3-11-25-50)51-26-12-4-13-27-51)36-38-55(61)56-39-37-54(45-62(56)67)70-64-33-19-17-31-58(64)60-43-47(35-41-66(60)70)46-34-40-65-59(42-46)57-30-16-18-32-63(57)69(65)52-28-14-5-15-29-52/h1-45H. The first-order valence-corrected chi connectivity index (χ1v) is 24.2. The van der Waals surface area contributed by atoms with Gasteiger partial charge in [0.25, 0.3) is 0 Å². The molecule has 14 rings (SSSR count). The van der Waals surface area contributed by atoms with Crippen LogP contribution in [-0.2, 0) is 5.41 Å². The zero-order valence-corrected chi connectivity index (χ0v) is 38.3. The summed E-state index contributed by atoms with van der Waals surface area (Å²) in [6.07, 6.45) is 0. The molecule has 0 fully saturated rings. The molecule has 2 heterocycles. The quantitative estimate of drug-likeness (QED) is 0.148. The summed E-state index contributed by atoms with van der Waals surface area (Å²) < 4.78 is 4.86. The van der Waals surface area contributed by atoms with Crippen LogP contribution >= 0.6 is 0 Å². The lowest BCUT2D eigenvalue weighted by Gasteiger charge is -2.35. The minimum atomic E-state index is -0.619. The molecule has 0 aliphatic heterocycles. The Balaban J connectivity index is 0.964. The van der Waals surface area contributed by atoms with Gasteiger partial charge in [0.1, 0.15) is 0 Å². The fourth-order valence-corrected chi connectivity index (χ4v) is 11.8. The monoisotopic (exact) mass is 891 g/mol. The summed E-state index contributed by atoms with van der Waals surface area (Å²) in [5.74, 6) is 0. The van der Waals surface area contributed by atoms with Crippen molar-refractivity contribution in [2.45, 2.75) is 5.41 Å². The summed E-state index contributed by atoms with van der Waals surface area (Å²) in [5.41, 5.74) is 19.7. The van der Waals surface area contributed by atoms with E-state index in [0.717, 1.165) is 22.7 Å². The normalized spacial score (nSPS) is 12.7. The Bertz CT molecular complexity index is 4020. The molecule has 1 aliphatic rings. The van der Waals surface area contributed by atoms with Crippen molar-refractivity contribution in [2.75, 3.05) is 4.90 Å². The van der Waals surface area contributed by atoms with Gasteiger partial charge in [-0.1, -0.05) is 176 Å². The third-order valence-electron chi connectivity index (χ3n) is 14.8. The van der Waals surface area contributed by atoms with E-state index in [2.05, 4.69) is 287 Å². The summed E-state index contributed by atoms with van der Waals surface area (Å²) in [4.78, 5) is 2.38. The van der Waals surface area contributed by atoms with Crippen LogP contribution in [0.2, 0.25) is 0 Å². The first-order chi connectivity index (χ1) is 34.7. The first kappa shape index (κ1) is 39.9. The van der Waals surface area contributed by atoms with E-state index in [1.54, 1.807) is 0 Å². The third kappa shape index (κ3) is 6.01. The predicted octanol–water partition coefficient (Wildman–Crippen LogP) is 17.4. The number of rotatable bonds is 8. The average molecular weight is 892 g/mol. The molecule has 1 aliphatic carbocycles. The van der Waals surface area contributed by atoms with Gasteiger partial charge in [-0.3, -0.25) is 0 Å². The first-order valence-electron chi connectivity index (χ1n) is 24.2. The molecular formula is C67H45N3. The van der Waals surface area contributed by atoms with Crippen molar-refractivity contribution < 1.29 is 0 Å². The van der Waals surface area contributed by atoms with E-state index in [9.17, 15) is 0 Å². The van der Waals surface area contributed by atoms with Gasteiger partial charge in [0, 0.05) is 50.0 Å². The van der Waals surface area contributed by atoms with Crippen LogP contribution in [0.3, 0.4) is 0 Å². The van der Waals surface area contributed by atoms with Crippen LogP contribution in [0.5, 0.6) is 0 Å². The molecule has 70 heavy (non-hydrogen) atoms. The Labute approximate surface area is 407 Å². The van der Waals surface area contributed by atoms with Crippen LogP contribution in [0.1, 0.15) is 22.3 Å². The van der Waals surface area contributed by atoms with Crippen molar-refractivity contribution in [2.24, 2.45) is 0 Å². The fourth-order valence-electron chi connectivity index (χ4n) is 11.8. The van der Waals surface area contributed by atoms with Crippen molar-refractivity contribution in [1.29, 1.82) is 0 Å². The van der Waals surface area contributed by atoms with Gasteiger partial charge in [-0.05, 0) is 142 Å². The molecule has 0 amide bonds. The van der Waals surface area contributed by atoms with Gasteiger partial charge >= 0.3 is 0 Å². The highest BCUT2D eigenvalue weighted by molar-refractivity contribution is 6.13. The number of hydrogen-bond donors (Lipinski definition) is 0. The molecule has 3 heteroatoms. The summed E-state index contributed by atoms with van der Waals surface area (Å²) in [7, 11) is 0. The maximum atomic E-state index is 2.48. The molecule has 0 saturated carbocycles. The third-order valence-corrected chi connectivity index (χ3v) is 14.8. The minimum absolute atomic E-state index is 0.619. The maximum Gasteiger partial charge on any atom is 0.0715 e. The van der Waals surface area contributed by atoms with E-state index in [-0.39, 0.29) is 0 Å². The minimum Gasteiger partial charge on any atom is -0.310 e. The molecule has 0 N–H and O–H groups in total. The zero-order chi connectivity index (χ0) is 46.2. The Morgan fingerprint density at radius 3 is 1.21 bits per heavy atom. The number of para-hydroxylation sites is 5. The molecule has 0 atom stereocenters. The van der Waals surface area contributed by atoms with Crippen LogP contribution in [0, 0.1) is 0 Å². The predicted molar refractivity (Wildman–Crippen MR) is 293 cm³/mol. The highest BCUT2D eigenvalue weighted by atomic mass is 15.1. The zero-order valence-electron chi connectivity index (χ0n) is 38.3. The van der Waals surface area contributed by atoms with Gasteiger partial charge in [0.2, 0.25) is 0 Å². The van der Waals surface area contributed by atoms with E-state index in [0.29, 0.717) is 0 Å². The van der Waals surface area contributed by atoms with Crippen LogP contribution in [-0.4, -0.2) is 9.13 Å². The Hall–Kier alpha value is -9.18. The highest BCUT2D eigenvalue weighted by Crippen LogP contribution is 2.58. The second-order valence-corrected chi connectivity index (χ2v) is 18.5. The number of hydrogen-bond acceptors (Lipinski definition) is 1. The molecule has 0 radical (unpaired) electrons. The van der Waals surface area contributed by atoms with Crippen LogP contribution in [0.15, 0.2) is 273 Å². The molecule has 11 aromatic carbocycles. The molecule has 2 aromatic heterocycles. The molecule has 3 nitrogen and oxygen atoms in total. The lowest BCUT2D eigenvalue weighted by Crippen LogP contribution is -2.29. The van der Waals surface area contributed by atoms with E-state index in [1.165, 1.54) is 93.8 Å². The second kappa shape index (κ2) is 16.0. The molecule has 328 valence electrons. The van der Waals surface area contributed by atoms with Gasteiger partial charge in [-0.25, -0.2) is 0 Å². The van der Waals surface area contributed by atoms with E-state index in [4.69, 9.17) is 0 Å². The molecule has 0 spiro atoms. The Kier molecular flexibility index (Phi) is 9.11. The average Bonchev–Trinajstić information content (AvgIpc) is 4.05. The SMILES string of the molecule is c1ccc(N(c2ccccc2)c2ccc3c(c2)C(c2ccccc2)(c2ccccc2)c2cc(-n4c5ccccc5c5cc(-c6ccc7c(c6)c6ccccc6n7-c6ccccc6)ccc54)ccc2-3)cc1. The lowest BCUT2D eigenvalue weighted by atomic mass is 9.67. The van der Waals surface area contributed by atoms with Crippen molar-refractivity contribution in [3.8, 4) is 33.6 Å². The van der Waals surface area contributed by atoms with Crippen LogP contribution in [0.4, 0.5) is 17.1 Å². The van der Waals surface area contributed by atoms with Crippen molar-refractivity contribution >= 4 is 60.7 Å². The molecule has 0 bridgehead atoms. The molecule has 13 aromatic rings. The summed E-state index contributed by atoms with van der Waals surface area (Å²) >= 11 is 0. The summed E-state index contributed by atoms with van der Waals surface area (Å²) in [6.45, 7) is 0. The van der Waals surface area contributed by atoms with Crippen molar-refractivity contribution in [3.63, 3.8) is 0 Å². The number of anilines is 3. The van der Waals surface area contributed by atoms with Gasteiger partial charge in [-0.15, -0.1) is 0 Å². The largest absolute Gasteiger partial charge is 0.310 e. The highest BCUT2D eigenvalue weighted by Gasteiger charge is 2.47. The van der Waals surface area contributed by atoms with Crippen LogP contribution < -0.4 is 4.90 Å². The van der Waals surface area contributed by atoms with Gasteiger partial charge < -0.3 is 14.0 Å². The maximum absolute atomic E-state index is 2.48. The topological polar surface area (TPSA) is 13.1 Å². The van der Waals surface area contributed by atoms with E-state index >= 15 is 0 Å². The van der Waals surface area contributed by atoms with Crippen molar-refractivity contribution in [1.82, 2.24) is 9.13 Å². The number of benzene rings is 11. The molecule has 0 unspecified atom stereocenters. The number of aromatic nitrogens is 2. The van der Waals surface area contributed by atoms with Gasteiger partial charge in [-0.2, -0.15) is 0 Å². The molecule has 0 saturated heterocycles. The Morgan fingerprint density at radius 1 is 0.271 bits per heavy atom. The van der Waals surface area contributed by atoms with Crippen molar-refractivity contribution in [3.05, 3.63) is 295 Å². The van der Waals surface area contributed by atoms with E-state index in [1.807, 2.05) is 0 Å². The van der Waals surface area contributed by atoms with Gasteiger partial charge in [0.05, 0.1) is 27.5 Å². The summed E-state index contributed by atoms with van der Waals surface area (Å²) in [6, 6.07) is 100. The summed E-state index contributed by atoms with van der Waals surface area (Å²) in [5, 5.41) is 4.96. The number of fused-ring (bicyclic) bond motifs is 9. The van der Waals surface area contributed by atoms with Crippen LogP contribution in [0.25, 0.3) is 77.2 Å². The van der Waals surface area contributed by atoms with E-state index < -0.39 is 5.41 Å². The Morgan fingerprint density at radius 2 is 0.686 bits per heavy atom. The molecular weight excluding hydrogens is 847 g/mol. The lowest BCUT2D eigenvalue weighted by molar-refractivity contribution is 0.767. The second-order valence-electron chi connectivity index (χ2n) is 18.5. The fraction of sp³-hybridized carbons (Fsp3) is 0.0149. The smallest absolute Gasteiger partial charge is 0.0715 e. The number of nitrogens with zero attached hydrogens (tertiary/aromatic N) is 3. The van der Waals surface area contributed by atoms with Gasteiger partial charge in [0.15, 0.2) is 0 Å².